The van der Waals surface area contributed by atoms with Crippen LogP contribution in [0.1, 0.15) is 26.2 Å². The molecule has 0 unspecified atom stereocenters. The van der Waals surface area contributed by atoms with Gasteiger partial charge in [0.15, 0.2) is 0 Å². The molecule has 0 fully saturated rings. The molecule has 0 radical (unpaired) electrons. The molecule has 96 valence electrons. The average Bonchev–Trinajstić information content (AvgIpc) is 2.28. The molecule has 1 aromatic carbocycles. The van der Waals surface area contributed by atoms with Crippen LogP contribution in [0.15, 0.2) is 23.1 Å². The van der Waals surface area contributed by atoms with E-state index in [4.69, 9.17) is 23.2 Å². The molecule has 17 heavy (non-hydrogen) atoms. The Morgan fingerprint density at radius 2 is 1.88 bits per heavy atom. The number of hydrogen-bond acceptors (Lipinski definition) is 2. The van der Waals surface area contributed by atoms with E-state index in [9.17, 15) is 8.42 Å². The minimum absolute atomic E-state index is 0.142. The summed E-state index contributed by atoms with van der Waals surface area (Å²) in [4.78, 5) is 0.142. The molecule has 1 N–H and O–H groups in total. The first-order valence-corrected chi connectivity index (χ1v) is 7.66. The zero-order valence-electron chi connectivity index (χ0n) is 9.54. The molecule has 0 spiro atoms. The minimum atomic E-state index is -3.47. The zero-order chi connectivity index (χ0) is 12.9. The largest absolute Gasteiger partial charge is 0.240 e. The smallest absolute Gasteiger partial charge is 0.211 e. The summed E-state index contributed by atoms with van der Waals surface area (Å²) in [7, 11) is -3.47. The van der Waals surface area contributed by atoms with Gasteiger partial charge in [-0.3, -0.25) is 0 Å². The van der Waals surface area contributed by atoms with Gasteiger partial charge in [0, 0.05) is 6.54 Å². The minimum Gasteiger partial charge on any atom is -0.211 e. The predicted octanol–water partition coefficient (Wildman–Crippen LogP) is 3.46. The molecule has 0 aliphatic carbocycles. The molecular formula is C11H15Cl2NO2S. The van der Waals surface area contributed by atoms with Crippen LogP contribution < -0.4 is 4.72 Å². The van der Waals surface area contributed by atoms with Crippen LogP contribution in [0.5, 0.6) is 0 Å². The summed E-state index contributed by atoms with van der Waals surface area (Å²) in [6, 6.07) is 4.27. The van der Waals surface area contributed by atoms with Crippen molar-refractivity contribution >= 4 is 33.2 Å². The first kappa shape index (κ1) is 14.8. The van der Waals surface area contributed by atoms with Crippen molar-refractivity contribution < 1.29 is 8.42 Å². The lowest BCUT2D eigenvalue weighted by Crippen LogP contribution is -2.24. The van der Waals surface area contributed by atoms with Crippen molar-refractivity contribution in [2.24, 2.45) is 0 Å². The van der Waals surface area contributed by atoms with Crippen LogP contribution >= 0.6 is 23.2 Å². The number of sulfonamides is 1. The van der Waals surface area contributed by atoms with Crippen molar-refractivity contribution in [2.75, 3.05) is 6.54 Å². The van der Waals surface area contributed by atoms with Crippen molar-refractivity contribution in [3.05, 3.63) is 28.2 Å². The Labute approximate surface area is 112 Å². The van der Waals surface area contributed by atoms with Gasteiger partial charge in [0.05, 0.1) is 14.9 Å². The van der Waals surface area contributed by atoms with E-state index in [0.717, 1.165) is 19.3 Å². The van der Waals surface area contributed by atoms with Gasteiger partial charge in [0.1, 0.15) is 0 Å². The molecule has 0 saturated carbocycles. The Bertz CT molecular complexity index is 474. The van der Waals surface area contributed by atoms with Crippen LogP contribution in [-0.4, -0.2) is 15.0 Å². The Hall–Kier alpha value is -0.290. The SMILES string of the molecule is CCCCCNS(=O)(=O)c1ccc(Cl)c(Cl)c1. The third-order valence-electron chi connectivity index (χ3n) is 2.27. The summed E-state index contributed by atoms with van der Waals surface area (Å²) in [5, 5.41) is 0.583. The molecule has 1 rings (SSSR count). The molecule has 3 nitrogen and oxygen atoms in total. The number of hydrogen-bond donors (Lipinski definition) is 1. The lowest BCUT2D eigenvalue weighted by Gasteiger charge is -2.07. The van der Waals surface area contributed by atoms with Crippen LogP contribution in [0.4, 0.5) is 0 Å². The second-order valence-electron chi connectivity index (χ2n) is 3.68. The van der Waals surface area contributed by atoms with E-state index in [1.54, 1.807) is 0 Å². The summed E-state index contributed by atoms with van der Waals surface area (Å²) in [6.45, 7) is 2.50. The highest BCUT2D eigenvalue weighted by Gasteiger charge is 2.14. The number of rotatable bonds is 6. The summed E-state index contributed by atoms with van der Waals surface area (Å²) >= 11 is 11.5. The van der Waals surface area contributed by atoms with E-state index in [1.807, 2.05) is 0 Å². The van der Waals surface area contributed by atoms with Crippen molar-refractivity contribution in [2.45, 2.75) is 31.1 Å². The highest BCUT2D eigenvalue weighted by molar-refractivity contribution is 7.89. The van der Waals surface area contributed by atoms with Crippen LogP contribution in [-0.2, 0) is 10.0 Å². The predicted molar refractivity (Wildman–Crippen MR) is 71.2 cm³/mol. The summed E-state index contributed by atoms with van der Waals surface area (Å²) < 4.78 is 26.2. The average molecular weight is 296 g/mol. The molecule has 0 aliphatic heterocycles. The highest BCUT2D eigenvalue weighted by Crippen LogP contribution is 2.24. The first-order chi connectivity index (χ1) is 7.97. The van der Waals surface area contributed by atoms with Gasteiger partial charge in [-0.15, -0.1) is 0 Å². The number of benzene rings is 1. The fourth-order valence-corrected chi connectivity index (χ4v) is 2.77. The van der Waals surface area contributed by atoms with Crippen LogP contribution in [0.3, 0.4) is 0 Å². The van der Waals surface area contributed by atoms with E-state index in [1.165, 1.54) is 18.2 Å². The molecule has 0 amide bonds. The monoisotopic (exact) mass is 295 g/mol. The van der Waals surface area contributed by atoms with E-state index in [2.05, 4.69) is 11.6 Å². The third kappa shape index (κ3) is 4.47. The van der Waals surface area contributed by atoms with Gasteiger partial charge in [-0.25, -0.2) is 13.1 Å². The Morgan fingerprint density at radius 3 is 2.47 bits per heavy atom. The molecule has 0 aliphatic rings. The third-order valence-corrected chi connectivity index (χ3v) is 4.47. The standard InChI is InChI=1S/C11H15Cl2NO2S/c1-2-3-4-7-14-17(15,16)9-5-6-10(12)11(13)8-9/h5-6,8,14H,2-4,7H2,1H3. The van der Waals surface area contributed by atoms with E-state index in [0.29, 0.717) is 11.6 Å². The maximum absolute atomic E-state index is 11.8. The fraction of sp³-hybridized carbons (Fsp3) is 0.455. The van der Waals surface area contributed by atoms with Gasteiger partial charge in [0.25, 0.3) is 0 Å². The normalized spacial score (nSPS) is 11.7. The van der Waals surface area contributed by atoms with Gasteiger partial charge >= 0.3 is 0 Å². The van der Waals surface area contributed by atoms with Crippen LogP contribution in [0.25, 0.3) is 0 Å². The Morgan fingerprint density at radius 1 is 1.18 bits per heavy atom. The van der Waals surface area contributed by atoms with E-state index in [-0.39, 0.29) is 9.92 Å². The summed E-state index contributed by atoms with van der Waals surface area (Å²) in [5.74, 6) is 0. The molecule has 1 aromatic rings. The maximum atomic E-state index is 11.8. The second kappa shape index (κ2) is 6.59. The van der Waals surface area contributed by atoms with Gasteiger partial charge in [-0.05, 0) is 24.6 Å². The topological polar surface area (TPSA) is 46.2 Å². The summed E-state index contributed by atoms with van der Waals surface area (Å²) in [5.41, 5.74) is 0. The van der Waals surface area contributed by atoms with Crippen molar-refractivity contribution in [1.29, 1.82) is 0 Å². The van der Waals surface area contributed by atoms with E-state index < -0.39 is 10.0 Å². The Balaban J connectivity index is 2.72. The number of nitrogens with one attached hydrogen (secondary N) is 1. The number of halogens is 2. The molecule has 0 saturated heterocycles. The highest BCUT2D eigenvalue weighted by atomic mass is 35.5. The van der Waals surface area contributed by atoms with Crippen molar-refractivity contribution in [3.63, 3.8) is 0 Å². The quantitative estimate of drug-likeness (QED) is 0.817. The van der Waals surface area contributed by atoms with Crippen molar-refractivity contribution in [3.8, 4) is 0 Å². The molecule has 6 heteroatoms. The van der Waals surface area contributed by atoms with Gasteiger partial charge in [-0.2, -0.15) is 0 Å². The molecular weight excluding hydrogens is 281 g/mol. The lowest BCUT2D eigenvalue weighted by atomic mass is 10.3. The second-order valence-corrected chi connectivity index (χ2v) is 6.26. The molecule has 0 atom stereocenters. The maximum Gasteiger partial charge on any atom is 0.240 e. The molecule has 0 bridgehead atoms. The first-order valence-electron chi connectivity index (χ1n) is 5.42. The van der Waals surface area contributed by atoms with Gasteiger partial charge in [-0.1, -0.05) is 43.0 Å². The number of unbranched alkanes of at least 4 members (excludes halogenated alkanes) is 2. The van der Waals surface area contributed by atoms with Crippen LogP contribution in [0, 0.1) is 0 Å². The zero-order valence-corrected chi connectivity index (χ0v) is 11.9. The van der Waals surface area contributed by atoms with Gasteiger partial charge in [0.2, 0.25) is 10.0 Å². The van der Waals surface area contributed by atoms with E-state index >= 15 is 0 Å². The molecule has 0 aromatic heterocycles. The Kier molecular flexibility index (Phi) is 5.73. The lowest BCUT2D eigenvalue weighted by molar-refractivity contribution is 0.576. The van der Waals surface area contributed by atoms with Crippen LogP contribution in [0.2, 0.25) is 10.0 Å². The summed E-state index contributed by atoms with van der Waals surface area (Å²) in [6.07, 6.45) is 2.88. The fourth-order valence-electron chi connectivity index (χ4n) is 1.31. The molecule has 0 heterocycles. The van der Waals surface area contributed by atoms with Crippen molar-refractivity contribution in [1.82, 2.24) is 4.72 Å². The van der Waals surface area contributed by atoms with Gasteiger partial charge < -0.3 is 0 Å².